The molecular weight excluding hydrogens is 378 g/mol. The topological polar surface area (TPSA) is 118 Å². The molecule has 10 heteroatoms. The van der Waals surface area contributed by atoms with Gasteiger partial charge in [0.15, 0.2) is 0 Å². The highest BCUT2D eigenvalue weighted by atomic mass is 32.2. The van der Waals surface area contributed by atoms with Gasteiger partial charge in [0.05, 0.1) is 28.8 Å². The summed E-state index contributed by atoms with van der Waals surface area (Å²) in [5, 5.41) is 0. The highest BCUT2D eigenvalue weighted by Crippen LogP contribution is 2.43. The van der Waals surface area contributed by atoms with Gasteiger partial charge in [0.1, 0.15) is 0 Å². The number of fused-ring (bicyclic) bond motifs is 1. The van der Waals surface area contributed by atoms with Gasteiger partial charge < -0.3 is 5.73 Å². The van der Waals surface area contributed by atoms with Gasteiger partial charge in [-0.1, -0.05) is 13.8 Å². The van der Waals surface area contributed by atoms with Gasteiger partial charge in [-0.05, 0) is 36.3 Å². The number of nitrogens with two attached hydrogens (primary N) is 1. The lowest BCUT2D eigenvalue weighted by molar-refractivity contribution is -0.128. The van der Waals surface area contributed by atoms with Crippen LogP contribution in [-0.2, 0) is 24.8 Å². The number of sulfonamides is 2. The fourth-order valence-corrected chi connectivity index (χ4v) is 6.13. The second-order valence-corrected chi connectivity index (χ2v) is 10.6. The van der Waals surface area contributed by atoms with Crippen molar-refractivity contribution in [2.75, 3.05) is 18.5 Å². The summed E-state index contributed by atoms with van der Waals surface area (Å²) in [5.41, 5.74) is 6.27. The summed E-state index contributed by atoms with van der Waals surface area (Å²) in [4.78, 5) is 12.8. The van der Waals surface area contributed by atoms with Gasteiger partial charge >= 0.3 is 0 Å². The molecule has 2 aliphatic rings. The third kappa shape index (κ3) is 2.81. The lowest BCUT2D eigenvalue weighted by Crippen LogP contribution is -2.42. The Kier molecular flexibility index (Phi) is 4.40. The van der Waals surface area contributed by atoms with Gasteiger partial charge in [-0.2, -0.15) is 4.31 Å². The second-order valence-electron chi connectivity index (χ2n) is 6.85. The third-order valence-corrected chi connectivity index (χ3v) is 7.61. The third-order valence-electron chi connectivity index (χ3n) is 4.69. The molecule has 142 valence electrons. The summed E-state index contributed by atoms with van der Waals surface area (Å²) < 4.78 is 52.3. The predicted molar refractivity (Wildman–Crippen MR) is 96.6 cm³/mol. The molecule has 1 fully saturated rings. The fourth-order valence-electron chi connectivity index (χ4n) is 3.56. The summed E-state index contributed by atoms with van der Waals surface area (Å²) in [5.74, 6) is -1.58. The molecule has 1 amide bonds. The largest absolute Gasteiger partial charge is 0.399 e. The first-order chi connectivity index (χ1) is 12.0. The minimum Gasteiger partial charge on any atom is -0.399 e. The minimum atomic E-state index is -3.92. The average molecular weight is 399 g/mol. The van der Waals surface area contributed by atoms with E-state index in [2.05, 4.69) is 0 Å². The average Bonchev–Trinajstić information content (AvgIpc) is 3.02. The molecule has 0 radical (unpaired) electrons. The number of rotatable bonds is 4. The molecular formula is C16H21N3O5S2. The molecule has 1 aromatic rings. The zero-order valence-corrected chi connectivity index (χ0v) is 16.3. The quantitative estimate of drug-likeness (QED) is 0.741. The van der Waals surface area contributed by atoms with E-state index in [4.69, 9.17) is 5.73 Å². The molecule has 3 rings (SSSR count). The maximum atomic E-state index is 13.1. The minimum absolute atomic E-state index is 0.00916. The van der Waals surface area contributed by atoms with Gasteiger partial charge in [0, 0.05) is 12.2 Å². The normalized spacial score (nSPS) is 24.2. The van der Waals surface area contributed by atoms with Crippen molar-refractivity contribution in [1.29, 1.82) is 0 Å². The first-order valence-electron chi connectivity index (χ1n) is 8.08. The van der Waals surface area contributed by atoms with E-state index >= 15 is 0 Å². The Morgan fingerprint density at radius 2 is 1.69 bits per heavy atom. The van der Waals surface area contributed by atoms with Crippen LogP contribution >= 0.6 is 0 Å². The molecule has 1 aromatic carbocycles. The van der Waals surface area contributed by atoms with Crippen LogP contribution in [0.5, 0.6) is 0 Å². The second kappa shape index (κ2) is 6.07. The fraction of sp³-hybridized carbons (Fsp3) is 0.438. The van der Waals surface area contributed by atoms with Crippen molar-refractivity contribution in [3.05, 3.63) is 36.0 Å². The SMILES string of the molecule is CC(C)[C@H]1C(=O)N(S(C)(=O)=O)C2=CCN(S(=O)(=O)c3ccc(N)cc3)[C@@H]21. The maximum Gasteiger partial charge on any atom is 0.245 e. The Morgan fingerprint density at radius 1 is 1.12 bits per heavy atom. The number of hydrogen-bond acceptors (Lipinski definition) is 6. The molecule has 2 aliphatic heterocycles. The van der Waals surface area contributed by atoms with Crippen LogP contribution in [0.25, 0.3) is 0 Å². The monoisotopic (exact) mass is 399 g/mol. The Morgan fingerprint density at radius 3 is 2.19 bits per heavy atom. The summed E-state index contributed by atoms with van der Waals surface area (Å²) >= 11 is 0. The van der Waals surface area contributed by atoms with Gasteiger partial charge in [0.25, 0.3) is 0 Å². The highest BCUT2D eigenvalue weighted by molar-refractivity contribution is 7.89. The van der Waals surface area contributed by atoms with Crippen LogP contribution in [0.1, 0.15) is 13.8 Å². The number of anilines is 1. The van der Waals surface area contributed by atoms with Crippen LogP contribution in [0.4, 0.5) is 5.69 Å². The zero-order valence-electron chi connectivity index (χ0n) is 14.7. The number of benzene rings is 1. The highest BCUT2D eigenvalue weighted by Gasteiger charge is 2.56. The molecule has 0 bridgehead atoms. The molecule has 0 aromatic heterocycles. The van der Waals surface area contributed by atoms with Crippen LogP contribution in [0.2, 0.25) is 0 Å². The van der Waals surface area contributed by atoms with Crippen molar-refractivity contribution in [1.82, 2.24) is 8.61 Å². The van der Waals surface area contributed by atoms with E-state index in [1.165, 1.54) is 34.6 Å². The van der Waals surface area contributed by atoms with E-state index in [0.717, 1.165) is 10.6 Å². The summed E-state index contributed by atoms with van der Waals surface area (Å²) in [6.45, 7) is 3.56. The van der Waals surface area contributed by atoms with Crippen molar-refractivity contribution in [2.24, 2.45) is 11.8 Å². The Labute approximate surface area is 153 Å². The van der Waals surface area contributed by atoms with Crippen LogP contribution in [0, 0.1) is 11.8 Å². The van der Waals surface area contributed by atoms with Crippen molar-refractivity contribution < 1.29 is 21.6 Å². The number of nitrogen functional groups attached to an aromatic ring is 1. The standard InChI is InChI=1S/C16H21N3O5S2/c1-10(2)14-15-13(19(16(14)20)25(3,21)22)8-9-18(15)26(23,24)12-6-4-11(17)5-7-12/h4-8,10,14-15H,9,17H2,1-3H3/t14-,15+/m1/s1. The summed E-state index contributed by atoms with van der Waals surface area (Å²) in [6, 6.07) is 4.94. The first-order valence-corrected chi connectivity index (χ1v) is 11.4. The molecule has 26 heavy (non-hydrogen) atoms. The number of carbonyl (C=O) groups excluding carboxylic acids is 1. The van der Waals surface area contributed by atoms with E-state index in [1.807, 2.05) is 0 Å². The van der Waals surface area contributed by atoms with Gasteiger partial charge in [-0.15, -0.1) is 0 Å². The van der Waals surface area contributed by atoms with Gasteiger partial charge in [-0.25, -0.2) is 21.1 Å². The van der Waals surface area contributed by atoms with Crippen LogP contribution in [0.15, 0.2) is 40.9 Å². The van der Waals surface area contributed by atoms with E-state index in [-0.39, 0.29) is 23.1 Å². The summed E-state index contributed by atoms with van der Waals surface area (Å²) in [7, 11) is -7.75. The first kappa shape index (κ1) is 18.9. The molecule has 0 unspecified atom stereocenters. The van der Waals surface area contributed by atoms with Gasteiger partial charge in [0.2, 0.25) is 26.0 Å². The van der Waals surface area contributed by atoms with Crippen molar-refractivity contribution in [2.45, 2.75) is 24.8 Å². The molecule has 2 atom stereocenters. The van der Waals surface area contributed by atoms with Crippen molar-refractivity contribution >= 4 is 31.6 Å². The molecule has 0 saturated carbocycles. The van der Waals surface area contributed by atoms with E-state index in [0.29, 0.717) is 5.69 Å². The Bertz CT molecular complexity index is 981. The smallest absolute Gasteiger partial charge is 0.245 e. The number of carbonyl (C=O) groups is 1. The van der Waals surface area contributed by atoms with Crippen molar-refractivity contribution in [3.63, 3.8) is 0 Å². The van der Waals surface area contributed by atoms with E-state index in [9.17, 15) is 21.6 Å². The molecule has 0 aliphatic carbocycles. The lowest BCUT2D eigenvalue weighted by Gasteiger charge is -2.28. The maximum absolute atomic E-state index is 13.1. The number of amides is 1. The lowest BCUT2D eigenvalue weighted by atomic mass is 9.90. The molecule has 2 N–H and O–H groups in total. The zero-order chi connectivity index (χ0) is 19.4. The number of hydrogen-bond donors (Lipinski definition) is 1. The van der Waals surface area contributed by atoms with E-state index < -0.39 is 37.9 Å². The van der Waals surface area contributed by atoms with Crippen LogP contribution < -0.4 is 5.73 Å². The Balaban J connectivity index is 2.08. The Hall–Kier alpha value is -1.91. The van der Waals surface area contributed by atoms with Crippen LogP contribution in [-0.4, -0.2) is 50.2 Å². The van der Waals surface area contributed by atoms with Gasteiger partial charge in [-0.3, -0.25) is 4.79 Å². The molecule has 2 heterocycles. The number of nitrogens with zero attached hydrogens (tertiary/aromatic N) is 2. The molecule has 0 spiro atoms. The molecule has 8 nitrogen and oxygen atoms in total. The van der Waals surface area contributed by atoms with Crippen LogP contribution in [0.3, 0.4) is 0 Å². The summed E-state index contributed by atoms with van der Waals surface area (Å²) in [6.07, 6.45) is 2.45. The predicted octanol–water partition coefficient (Wildman–Crippen LogP) is 0.600. The van der Waals surface area contributed by atoms with E-state index in [1.54, 1.807) is 13.8 Å². The van der Waals surface area contributed by atoms with Crippen molar-refractivity contribution in [3.8, 4) is 0 Å². The molecule has 1 saturated heterocycles.